The summed E-state index contributed by atoms with van der Waals surface area (Å²) in [6, 6.07) is 24.7. The van der Waals surface area contributed by atoms with Crippen LogP contribution in [0, 0.1) is 0 Å². The van der Waals surface area contributed by atoms with Gasteiger partial charge in [0.1, 0.15) is 22.1 Å². The minimum atomic E-state index is -0.391. The molecule has 0 saturated carbocycles. The van der Waals surface area contributed by atoms with Gasteiger partial charge in [0, 0.05) is 20.8 Å². The van der Waals surface area contributed by atoms with Crippen LogP contribution in [0.25, 0.3) is 32.8 Å². The van der Waals surface area contributed by atoms with Gasteiger partial charge in [0.25, 0.3) is 0 Å². The molecule has 0 saturated heterocycles. The van der Waals surface area contributed by atoms with E-state index in [2.05, 4.69) is 20.9 Å². The number of benzene rings is 3. The Labute approximate surface area is 184 Å². The van der Waals surface area contributed by atoms with Crippen LogP contribution >= 0.6 is 27.3 Å². The van der Waals surface area contributed by atoms with Crippen LogP contribution in [-0.4, -0.2) is 4.98 Å². The first-order chi connectivity index (χ1) is 14.7. The summed E-state index contributed by atoms with van der Waals surface area (Å²) in [5.74, 6) is 1.54. The van der Waals surface area contributed by atoms with E-state index in [9.17, 15) is 4.79 Å². The van der Waals surface area contributed by atoms with Crippen LogP contribution in [0.4, 0.5) is 0 Å². The number of ether oxygens (including phenoxy) is 1. The molecule has 0 radical (unpaired) electrons. The van der Waals surface area contributed by atoms with Crippen molar-refractivity contribution in [2.75, 3.05) is 0 Å². The Bertz CT molecular complexity index is 1390. The zero-order chi connectivity index (χ0) is 20.5. The van der Waals surface area contributed by atoms with Crippen molar-refractivity contribution in [2.24, 2.45) is 0 Å². The van der Waals surface area contributed by atoms with Crippen LogP contribution in [-0.2, 0) is 0 Å². The molecule has 5 aromatic rings. The summed E-state index contributed by atoms with van der Waals surface area (Å²) in [6.45, 7) is 0. The number of hydrogen-bond donors (Lipinski definition) is 0. The second-order valence-corrected chi connectivity index (χ2v) is 8.38. The van der Waals surface area contributed by atoms with Gasteiger partial charge in [-0.05, 0) is 60.7 Å². The van der Waals surface area contributed by atoms with Crippen molar-refractivity contribution in [3.63, 3.8) is 0 Å². The smallest absolute Gasteiger partial charge is 0.346 e. The van der Waals surface area contributed by atoms with Crippen molar-refractivity contribution in [3.8, 4) is 33.3 Å². The van der Waals surface area contributed by atoms with Crippen LogP contribution in [0.15, 0.2) is 97.9 Å². The lowest BCUT2D eigenvalue weighted by molar-refractivity contribution is 0.483. The van der Waals surface area contributed by atoms with Gasteiger partial charge in [-0.1, -0.05) is 34.1 Å². The molecule has 0 amide bonds. The third kappa shape index (κ3) is 3.79. The Balaban J connectivity index is 1.43. The third-order valence-electron chi connectivity index (χ3n) is 4.56. The predicted molar refractivity (Wildman–Crippen MR) is 123 cm³/mol. The van der Waals surface area contributed by atoms with Crippen LogP contribution in [0.3, 0.4) is 0 Å². The lowest BCUT2D eigenvalue weighted by Gasteiger charge is -2.05. The molecule has 0 aliphatic heterocycles. The summed E-state index contributed by atoms with van der Waals surface area (Å²) >= 11 is 4.87. The molecule has 2 aromatic heterocycles. The molecular weight excluding hydrogens is 462 g/mol. The van der Waals surface area contributed by atoms with Gasteiger partial charge in [0.05, 0.1) is 11.3 Å². The number of thiazole rings is 1. The highest BCUT2D eigenvalue weighted by Gasteiger charge is 2.13. The summed E-state index contributed by atoms with van der Waals surface area (Å²) in [5, 5.41) is 3.41. The highest BCUT2D eigenvalue weighted by Crippen LogP contribution is 2.31. The minimum Gasteiger partial charge on any atom is -0.457 e. The molecule has 2 heterocycles. The maximum atomic E-state index is 12.5. The molecule has 0 fully saturated rings. The minimum absolute atomic E-state index is 0.391. The SMILES string of the molecule is O=c1oc2ccc(Br)cc2cc1-c1nc(-c2ccc(Oc3ccccc3)cc2)cs1. The first-order valence-corrected chi connectivity index (χ1v) is 10.9. The van der Waals surface area contributed by atoms with Gasteiger partial charge >= 0.3 is 5.63 Å². The van der Waals surface area contributed by atoms with Crippen LogP contribution in [0.1, 0.15) is 0 Å². The van der Waals surface area contributed by atoms with Gasteiger partial charge in [-0.15, -0.1) is 11.3 Å². The molecule has 5 rings (SSSR count). The Morgan fingerprint density at radius 3 is 2.47 bits per heavy atom. The monoisotopic (exact) mass is 475 g/mol. The Kier molecular flexibility index (Phi) is 4.94. The zero-order valence-corrected chi connectivity index (χ0v) is 17.9. The fourth-order valence-corrected chi connectivity index (χ4v) is 4.30. The molecule has 0 aliphatic rings. The van der Waals surface area contributed by atoms with E-state index in [1.807, 2.05) is 78.2 Å². The maximum absolute atomic E-state index is 12.5. The molecule has 30 heavy (non-hydrogen) atoms. The second kappa shape index (κ2) is 7.89. The molecule has 0 unspecified atom stereocenters. The van der Waals surface area contributed by atoms with Gasteiger partial charge in [-0.25, -0.2) is 9.78 Å². The average molecular weight is 476 g/mol. The topological polar surface area (TPSA) is 52.3 Å². The number of aromatic nitrogens is 1. The summed E-state index contributed by atoms with van der Waals surface area (Å²) in [7, 11) is 0. The Hall–Kier alpha value is -3.22. The van der Waals surface area contributed by atoms with E-state index in [1.165, 1.54) is 11.3 Å². The molecule has 0 N–H and O–H groups in total. The second-order valence-electron chi connectivity index (χ2n) is 6.61. The largest absolute Gasteiger partial charge is 0.457 e. The van der Waals surface area contributed by atoms with E-state index in [4.69, 9.17) is 9.15 Å². The molecule has 0 atom stereocenters. The Morgan fingerprint density at radius 1 is 0.900 bits per heavy atom. The summed E-state index contributed by atoms with van der Waals surface area (Å²) in [4.78, 5) is 17.1. The van der Waals surface area contributed by atoms with Crippen LogP contribution in [0.2, 0.25) is 0 Å². The van der Waals surface area contributed by atoms with E-state index >= 15 is 0 Å². The van der Waals surface area contributed by atoms with E-state index in [1.54, 1.807) is 6.07 Å². The maximum Gasteiger partial charge on any atom is 0.346 e. The standard InChI is InChI=1S/C24H14BrNO3S/c25-17-8-11-22-16(12-17)13-20(24(27)29-22)23-26-21(14-30-23)15-6-9-19(10-7-15)28-18-4-2-1-3-5-18/h1-14H. The number of rotatable bonds is 4. The molecular formula is C24H14BrNO3S. The summed E-state index contributed by atoms with van der Waals surface area (Å²) in [5.41, 5.74) is 2.37. The normalized spacial score (nSPS) is 11.0. The molecule has 0 spiro atoms. The number of fused-ring (bicyclic) bond motifs is 1. The van der Waals surface area contributed by atoms with E-state index < -0.39 is 5.63 Å². The van der Waals surface area contributed by atoms with E-state index in [0.29, 0.717) is 16.2 Å². The van der Waals surface area contributed by atoms with Crippen molar-refractivity contribution in [3.05, 3.63) is 99.1 Å². The van der Waals surface area contributed by atoms with E-state index in [-0.39, 0.29) is 0 Å². The molecule has 3 aromatic carbocycles. The predicted octanol–water partition coefficient (Wildman–Crippen LogP) is 7.14. The van der Waals surface area contributed by atoms with Gasteiger partial charge in [-0.3, -0.25) is 0 Å². The summed E-state index contributed by atoms with van der Waals surface area (Å²) in [6.07, 6.45) is 0. The number of para-hydroxylation sites is 1. The van der Waals surface area contributed by atoms with Crippen molar-refractivity contribution >= 4 is 38.2 Å². The Morgan fingerprint density at radius 2 is 1.67 bits per heavy atom. The van der Waals surface area contributed by atoms with Crippen molar-refractivity contribution < 1.29 is 9.15 Å². The summed E-state index contributed by atoms with van der Waals surface area (Å²) < 4.78 is 12.2. The van der Waals surface area contributed by atoms with Gasteiger partial charge < -0.3 is 9.15 Å². The number of nitrogens with zero attached hydrogens (tertiary/aromatic N) is 1. The zero-order valence-electron chi connectivity index (χ0n) is 15.5. The van der Waals surface area contributed by atoms with E-state index in [0.717, 1.165) is 32.6 Å². The van der Waals surface area contributed by atoms with Crippen molar-refractivity contribution in [2.45, 2.75) is 0 Å². The highest BCUT2D eigenvalue weighted by molar-refractivity contribution is 9.10. The fraction of sp³-hybridized carbons (Fsp3) is 0. The quantitative estimate of drug-likeness (QED) is 0.259. The lowest BCUT2D eigenvalue weighted by Crippen LogP contribution is -2.02. The third-order valence-corrected chi connectivity index (χ3v) is 5.93. The fourth-order valence-electron chi connectivity index (χ4n) is 3.09. The number of hydrogen-bond acceptors (Lipinski definition) is 5. The van der Waals surface area contributed by atoms with Gasteiger partial charge in [-0.2, -0.15) is 0 Å². The van der Waals surface area contributed by atoms with Crippen LogP contribution in [0.5, 0.6) is 11.5 Å². The average Bonchev–Trinajstić information content (AvgIpc) is 3.25. The van der Waals surface area contributed by atoms with Gasteiger partial charge in [0.2, 0.25) is 0 Å². The highest BCUT2D eigenvalue weighted by atomic mass is 79.9. The molecule has 0 aliphatic carbocycles. The first kappa shape index (κ1) is 18.8. The molecule has 146 valence electrons. The van der Waals surface area contributed by atoms with Gasteiger partial charge in [0.15, 0.2) is 0 Å². The molecule has 0 bridgehead atoms. The van der Waals surface area contributed by atoms with Crippen molar-refractivity contribution in [1.82, 2.24) is 4.98 Å². The van der Waals surface area contributed by atoms with Crippen LogP contribution < -0.4 is 10.4 Å². The van der Waals surface area contributed by atoms with Crippen molar-refractivity contribution in [1.29, 1.82) is 0 Å². The lowest BCUT2D eigenvalue weighted by atomic mass is 10.1. The first-order valence-electron chi connectivity index (χ1n) is 9.18. The molecule has 6 heteroatoms. The molecule has 4 nitrogen and oxygen atoms in total. The number of halogens is 1.